The van der Waals surface area contributed by atoms with Crippen molar-refractivity contribution in [2.24, 2.45) is 0 Å². The zero-order valence-electron chi connectivity index (χ0n) is 21.8. The fourth-order valence-electron chi connectivity index (χ4n) is 4.03. The lowest BCUT2D eigenvalue weighted by Crippen LogP contribution is -2.40. The molecule has 0 saturated carbocycles. The molecule has 2 aromatic carbocycles. The fraction of sp³-hybridized carbons (Fsp3) is 0.571. The molecule has 1 atom stereocenters. The summed E-state index contributed by atoms with van der Waals surface area (Å²) < 4.78 is 6.47. The van der Waals surface area contributed by atoms with Gasteiger partial charge in [0, 0.05) is 23.6 Å². The molecule has 0 heterocycles. The van der Waals surface area contributed by atoms with Gasteiger partial charge in [0.1, 0.15) is 5.75 Å². The second-order valence-corrected chi connectivity index (χ2v) is 15.9. The summed E-state index contributed by atoms with van der Waals surface area (Å²) in [5.74, 6) is 0.514. The highest BCUT2D eigenvalue weighted by molar-refractivity contribution is 6.74. The maximum Gasteiger partial charge on any atom is 0.192 e. The Bertz CT molecular complexity index is 832. The van der Waals surface area contributed by atoms with Crippen molar-refractivity contribution in [3.8, 4) is 5.75 Å². The van der Waals surface area contributed by atoms with E-state index in [9.17, 15) is 5.11 Å². The summed E-state index contributed by atoms with van der Waals surface area (Å²) in [6.07, 6.45) is 0.959. The van der Waals surface area contributed by atoms with Crippen LogP contribution >= 0.6 is 0 Å². The third kappa shape index (κ3) is 6.94. The lowest BCUT2D eigenvalue weighted by atomic mass is 9.86. The van der Waals surface area contributed by atoms with Crippen molar-refractivity contribution >= 4 is 8.32 Å². The zero-order chi connectivity index (χ0) is 24.1. The highest BCUT2D eigenvalue weighted by Crippen LogP contribution is 2.38. The number of hydrogen-bond donors (Lipinski definition) is 1. The van der Waals surface area contributed by atoms with Crippen molar-refractivity contribution in [1.29, 1.82) is 0 Å². The topological polar surface area (TPSA) is 32.7 Å². The van der Waals surface area contributed by atoms with E-state index in [1.807, 2.05) is 12.1 Å². The van der Waals surface area contributed by atoms with Gasteiger partial charge in [0.05, 0.1) is 6.61 Å². The number of aromatic hydroxyl groups is 1. The van der Waals surface area contributed by atoms with Crippen LogP contribution in [-0.2, 0) is 11.0 Å². The molecule has 0 aliphatic rings. The van der Waals surface area contributed by atoms with E-state index in [1.165, 1.54) is 5.56 Å². The third-order valence-corrected chi connectivity index (χ3v) is 11.6. The average molecular weight is 456 g/mol. The molecule has 1 unspecified atom stereocenters. The smallest absolute Gasteiger partial charge is 0.192 e. The van der Waals surface area contributed by atoms with Crippen LogP contribution < -0.4 is 0 Å². The molecular formula is C28H45NO2Si. The molecule has 2 aromatic rings. The minimum Gasteiger partial charge on any atom is -0.508 e. The third-order valence-electron chi connectivity index (χ3n) is 7.08. The van der Waals surface area contributed by atoms with Crippen LogP contribution in [0.1, 0.15) is 77.5 Å². The molecule has 2 rings (SSSR count). The van der Waals surface area contributed by atoms with Gasteiger partial charge in [0.25, 0.3) is 0 Å². The van der Waals surface area contributed by atoms with Gasteiger partial charge in [-0.2, -0.15) is 0 Å². The van der Waals surface area contributed by atoms with E-state index >= 15 is 0 Å². The molecule has 4 heteroatoms. The highest BCUT2D eigenvalue weighted by Gasteiger charge is 2.37. The number of benzene rings is 2. The van der Waals surface area contributed by atoms with E-state index in [1.54, 1.807) is 0 Å². The Hall–Kier alpha value is -1.62. The standard InChI is InChI=1S/C28H45NO2Si/c1-21(2)29(22(3)4)18-17-25(24-13-11-10-12-14-24)26-19-23(15-16-27(26)30)20-31-32(8,9)28(5,6)7/h10-16,19,21-22,25,30H,17-18,20H2,1-9H3. The first-order valence-corrected chi connectivity index (χ1v) is 15.0. The minimum atomic E-state index is -1.83. The van der Waals surface area contributed by atoms with Crippen LogP contribution in [0.25, 0.3) is 0 Å². The number of hydrogen-bond acceptors (Lipinski definition) is 3. The summed E-state index contributed by atoms with van der Waals surface area (Å²) in [6, 6.07) is 17.6. The summed E-state index contributed by atoms with van der Waals surface area (Å²) >= 11 is 0. The summed E-state index contributed by atoms with van der Waals surface area (Å²) in [4.78, 5) is 2.53. The van der Waals surface area contributed by atoms with Crippen molar-refractivity contribution < 1.29 is 9.53 Å². The average Bonchev–Trinajstić information content (AvgIpc) is 2.70. The van der Waals surface area contributed by atoms with E-state index < -0.39 is 8.32 Å². The second-order valence-electron chi connectivity index (χ2n) is 11.1. The van der Waals surface area contributed by atoms with Crippen LogP contribution in [0.2, 0.25) is 18.1 Å². The van der Waals surface area contributed by atoms with Gasteiger partial charge in [0.15, 0.2) is 8.32 Å². The van der Waals surface area contributed by atoms with Crippen LogP contribution in [0, 0.1) is 0 Å². The maximum absolute atomic E-state index is 10.9. The number of phenols is 1. The van der Waals surface area contributed by atoms with E-state index in [0.29, 0.717) is 24.4 Å². The predicted molar refractivity (Wildman–Crippen MR) is 140 cm³/mol. The quantitative estimate of drug-likeness (QED) is 0.375. The first-order valence-electron chi connectivity index (χ1n) is 12.1. The molecule has 0 bridgehead atoms. The molecule has 0 aliphatic heterocycles. The first kappa shape index (κ1) is 26.6. The Morgan fingerprint density at radius 3 is 2.06 bits per heavy atom. The lowest BCUT2D eigenvalue weighted by molar-refractivity contribution is 0.170. The molecule has 3 nitrogen and oxygen atoms in total. The van der Waals surface area contributed by atoms with Crippen molar-refractivity contribution in [3.05, 3.63) is 65.2 Å². The highest BCUT2D eigenvalue weighted by atomic mass is 28.4. The van der Waals surface area contributed by atoms with Gasteiger partial charge in [-0.25, -0.2) is 0 Å². The molecule has 0 aromatic heterocycles. The summed E-state index contributed by atoms with van der Waals surface area (Å²) in [5.41, 5.74) is 3.38. The van der Waals surface area contributed by atoms with Gasteiger partial charge in [-0.3, -0.25) is 4.90 Å². The number of nitrogens with zero attached hydrogens (tertiary/aromatic N) is 1. The monoisotopic (exact) mass is 455 g/mol. The van der Waals surface area contributed by atoms with E-state index in [0.717, 1.165) is 24.1 Å². The largest absolute Gasteiger partial charge is 0.508 e. The van der Waals surface area contributed by atoms with Gasteiger partial charge in [0.2, 0.25) is 0 Å². The number of rotatable bonds is 10. The summed E-state index contributed by atoms with van der Waals surface area (Å²) in [6.45, 7) is 22.0. The molecular weight excluding hydrogens is 410 g/mol. The molecule has 0 saturated heterocycles. The Kier molecular flexibility index (Phi) is 9.15. The molecule has 0 fully saturated rings. The fourth-order valence-corrected chi connectivity index (χ4v) is 4.99. The van der Waals surface area contributed by atoms with Crippen LogP contribution in [0.5, 0.6) is 5.75 Å². The molecule has 0 spiro atoms. The maximum atomic E-state index is 10.9. The van der Waals surface area contributed by atoms with Gasteiger partial charge in [-0.15, -0.1) is 0 Å². The van der Waals surface area contributed by atoms with Crippen molar-refractivity contribution in [2.75, 3.05) is 6.54 Å². The van der Waals surface area contributed by atoms with Crippen LogP contribution in [-0.4, -0.2) is 37.0 Å². The minimum absolute atomic E-state index is 0.143. The Balaban J connectivity index is 2.34. The SMILES string of the molecule is CC(C)N(CCC(c1ccccc1)c1cc(CO[Si](C)(C)C(C)(C)C)ccc1O)C(C)C. The lowest BCUT2D eigenvalue weighted by Gasteiger charge is -2.36. The summed E-state index contributed by atoms with van der Waals surface area (Å²) in [7, 11) is -1.83. The summed E-state index contributed by atoms with van der Waals surface area (Å²) in [5, 5.41) is 11.0. The number of phenolic OH excluding ortho intramolecular Hbond substituents is 1. The van der Waals surface area contributed by atoms with Crippen molar-refractivity contribution in [2.45, 2.75) is 97.6 Å². The second kappa shape index (κ2) is 11.0. The van der Waals surface area contributed by atoms with Gasteiger partial charge in [-0.1, -0.05) is 57.2 Å². The first-order chi connectivity index (χ1) is 14.8. The predicted octanol–water partition coefficient (Wildman–Crippen LogP) is 7.55. The molecule has 0 radical (unpaired) electrons. The Morgan fingerprint density at radius 2 is 1.53 bits per heavy atom. The molecule has 32 heavy (non-hydrogen) atoms. The molecule has 0 aliphatic carbocycles. The van der Waals surface area contributed by atoms with Gasteiger partial charge in [-0.05, 0) is 82.1 Å². The normalized spacial score (nSPS) is 13.9. The Labute approximate surface area is 197 Å². The van der Waals surface area contributed by atoms with Crippen molar-refractivity contribution in [3.63, 3.8) is 0 Å². The van der Waals surface area contributed by atoms with Gasteiger partial charge < -0.3 is 9.53 Å². The van der Waals surface area contributed by atoms with Crippen LogP contribution in [0.4, 0.5) is 0 Å². The molecule has 0 amide bonds. The van der Waals surface area contributed by atoms with E-state index in [2.05, 4.69) is 103 Å². The molecule has 178 valence electrons. The van der Waals surface area contributed by atoms with Crippen LogP contribution in [0.15, 0.2) is 48.5 Å². The van der Waals surface area contributed by atoms with Crippen molar-refractivity contribution in [1.82, 2.24) is 4.90 Å². The van der Waals surface area contributed by atoms with E-state index in [4.69, 9.17) is 4.43 Å². The van der Waals surface area contributed by atoms with Crippen LogP contribution in [0.3, 0.4) is 0 Å². The zero-order valence-corrected chi connectivity index (χ0v) is 22.8. The Morgan fingerprint density at radius 1 is 0.938 bits per heavy atom. The van der Waals surface area contributed by atoms with Gasteiger partial charge >= 0.3 is 0 Å². The van der Waals surface area contributed by atoms with E-state index in [-0.39, 0.29) is 11.0 Å². The molecule has 1 N–H and O–H groups in total.